The van der Waals surface area contributed by atoms with Gasteiger partial charge in [0.25, 0.3) is 0 Å². The third-order valence-corrected chi connectivity index (χ3v) is 13.7. The molecule has 0 aliphatic carbocycles. The van der Waals surface area contributed by atoms with Crippen LogP contribution < -0.4 is 0 Å². The van der Waals surface area contributed by atoms with Crippen molar-refractivity contribution >= 4 is 106 Å². The van der Waals surface area contributed by atoms with Gasteiger partial charge in [-0.25, -0.2) is 0 Å². The van der Waals surface area contributed by atoms with Crippen LogP contribution in [0.2, 0.25) is 0 Å². The van der Waals surface area contributed by atoms with Gasteiger partial charge in [-0.1, -0.05) is 158 Å². The first-order valence-electron chi connectivity index (χ1n) is 18.5. The number of hydrogen-bond acceptors (Lipinski definition) is 2. The molecule has 0 aliphatic rings. The third kappa shape index (κ3) is 4.42. The fourth-order valence-corrected chi connectivity index (χ4v) is 11.5. The quantitative estimate of drug-likeness (QED) is 0.160. The molecule has 2 aromatic heterocycles. The average Bonchev–Trinajstić information content (AvgIpc) is 3.81. The van der Waals surface area contributed by atoms with Crippen LogP contribution in [0.5, 0.6) is 0 Å². The molecule has 2 heterocycles. The molecule has 12 rings (SSSR count). The maximum atomic E-state index is 2.40. The number of fused-ring (bicyclic) bond motifs is 12. The summed E-state index contributed by atoms with van der Waals surface area (Å²) < 4.78 is 5.45. The predicted octanol–water partition coefficient (Wildman–Crippen LogP) is 16.0. The Morgan fingerprint density at radius 2 is 0.778 bits per heavy atom. The van der Waals surface area contributed by atoms with Gasteiger partial charge in [0, 0.05) is 40.3 Å². The van der Waals surface area contributed by atoms with E-state index in [1.165, 1.54) is 117 Å². The smallest absolute Gasteiger partial charge is 0.0448 e. The van der Waals surface area contributed by atoms with Crippen LogP contribution in [-0.2, 0) is 0 Å². The van der Waals surface area contributed by atoms with Crippen LogP contribution in [0.15, 0.2) is 182 Å². The minimum Gasteiger partial charge on any atom is -0.135 e. The van der Waals surface area contributed by atoms with Crippen molar-refractivity contribution < 1.29 is 0 Å². The van der Waals surface area contributed by atoms with Gasteiger partial charge in [-0.3, -0.25) is 0 Å². The zero-order valence-electron chi connectivity index (χ0n) is 29.1. The summed E-state index contributed by atoms with van der Waals surface area (Å²) in [5.41, 5.74) is 7.55. The fourth-order valence-electron chi connectivity index (χ4n) is 8.96. The number of hydrogen-bond donors (Lipinski definition) is 0. The first kappa shape index (κ1) is 30.2. The van der Waals surface area contributed by atoms with Crippen molar-refractivity contribution in [3.8, 4) is 33.4 Å². The second-order valence-electron chi connectivity index (χ2n) is 14.4. The van der Waals surface area contributed by atoms with Crippen molar-refractivity contribution in [2.75, 3.05) is 0 Å². The van der Waals surface area contributed by atoms with Crippen molar-refractivity contribution in [1.29, 1.82) is 0 Å². The van der Waals surface area contributed by atoms with Gasteiger partial charge in [0.15, 0.2) is 0 Å². The summed E-state index contributed by atoms with van der Waals surface area (Å²) in [6.07, 6.45) is 0. The third-order valence-electron chi connectivity index (χ3n) is 11.4. The van der Waals surface area contributed by atoms with E-state index in [0.717, 1.165) is 0 Å². The highest BCUT2D eigenvalue weighted by Gasteiger charge is 2.18. The summed E-state index contributed by atoms with van der Waals surface area (Å²) in [6.45, 7) is 0. The molecule has 0 saturated heterocycles. The molecule has 0 fully saturated rings. The lowest BCUT2D eigenvalue weighted by molar-refractivity contribution is 1.63. The highest BCUT2D eigenvalue weighted by atomic mass is 32.1. The Kier molecular flexibility index (Phi) is 6.48. The second-order valence-corrected chi connectivity index (χ2v) is 16.5. The van der Waals surface area contributed by atoms with Crippen LogP contribution in [0.1, 0.15) is 0 Å². The van der Waals surface area contributed by atoms with Gasteiger partial charge in [0.1, 0.15) is 0 Å². The standard InChI is InChI=1S/C52H30S2/c1-2-11-35-29-37(22-19-31(35)9-1)49-42-15-7-5-13-40(42)48(41-14-6-8-16-43(41)49)34-20-17-32(18-21-34)36-23-25-39-44-26-28-46-51(52(44)54-47(39)30-36)50-38-12-4-3-10-33(38)24-27-45(50)53-46/h1-30H. The van der Waals surface area contributed by atoms with Gasteiger partial charge in [0.05, 0.1) is 0 Å². The van der Waals surface area contributed by atoms with Crippen molar-refractivity contribution in [3.05, 3.63) is 182 Å². The summed E-state index contributed by atoms with van der Waals surface area (Å²) in [7, 11) is 0. The number of rotatable bonds is 3. The zero-order valence-corrected chi connectivity index (χ0v) is 30.8. The minimum absolute atomic E-state index is 1.23. The normalized spacial score (nSPS) is 12.1. The zero-order chi connectivity index (χ0) is 35.3. The molecule has 0 nitrogen and oxygen atoms in total. The van der Waals surface area contributed by atoms with Gasteiger partial charge < -0.3 is 0 Å². The molecule has 0 aliphatic heterocycles. The Bertz CT molecular complexity index is 3430. The van der Waals surface area contributed by atoms with Crippen LogP contribution in [0.25, 0.3) is 117 Å². The maximum absolute atomic E-state index is 2.40. The minimum atomic E-state index is 1.23. The van der Waals surface area contributed by atoms with E-state index in [2.05, 4.69) is 182 Å². The number of benzene rings is 10. The Balaban J connectivity index is 0.997. The largest absolute Gasteiger partial charge is 0.135 e. The SMILES string of the molecule is c1ccc2cc(-c3c4ccccc4c(-c4ccc(-c5ccc6c(c5)sc5c6ccc6sc7ccc8ccccc8c7c65)cc4)c4ccccc34)ccc2c1. The molecule has 0 N–H and O–H groups in total. The van der Waals surface area contributed by atoms with Gasteiger partial charge in [-0.15, -0.1) is 22.7 Å². The summed E-state index contributed by atoms with van der Waals surface area (Å²) in [5.74, 6) is 0. The van der Waals surface area contributed by atoms with Crippen LogP contribution >= 0.6 is 22.7 Å². The van der Waals surface area contributed by atoms with Crippen LogP contribution in [0.4, 0.5) is 0 Å². The van der Waals surface area contributed by atoms with E-state index in [4.69, 9.17) is 0 Å². The van der Waals surface area contributed by atoms with Crippen LogP contribution in [-0.4, -0.2) is 0 Å². The van der Waals surface area contributed by atoms with Crippen molar-refractivity contribution in [3.63, 3.8) is 0 Å². The Labute approximate surface area is 319 Å². The number of thiophene rings is 2. The molecular weight excluding hydrogens is 689 g/mol. The molecule has 10 aromatic carbocycles. The topological polar surface area (TPSA) is 0 Å². The fraction of sp³-hybridized carbons (Fsp3) is 0. The highest BCUT2D eigenvalue weighted by molar-refractivity contribution is 7.30. The Hall–Kier alpha value is -6.32. The predicted molar refractivity (Wildman–Crippen MR) is 239 cm³/mol. The molecule has 12 aromatic rings. The summed E-state index contributed by atoms with van der Waals surface area (Å²) >= 11 is 3.85. The molecule has 250 valence electrons. The lowest BCUT2D eigenvalue weighted by Gasteiger charge is -2.18. The van der Waals surface area contributed by atoms with Crippen molar-refractivity contribution in [2.24, 2.45) is 0 Å². The molecule has 0 spiro atoms. The average molecular weight is 719 g/mol. The van der Waals surface area contributed by atoms with Crippen molar-refractivity contribution in [2.45, 2.75) is 0 Å². The van der Waals surface area contributed by atoms with E-state index in [-0.39, 0.29) is 0 Å². The van der Waals surface area contributed by atoms with Crippen LogP contribution in [0.3, 0.4) is 0 Å². The van der Waals surface area contributed by atoms with E-state index in [0.29, 0.717) is 0 Å². The summed E-state index contributed by atoms with van der Waals surface area (Å²) in [6, 6.07) is 67.7. The van der Waals surface area contributed by atoms with E-state index < -0.39 is 0 Å². The summed E-state index contributed by atoms with van der Waals surface area (Å²) in [4.78, 5) is 0. The summed E-state index contributed by atoms with van der Waals surface area (Å²) in [5, 5.41) is 15.8. The molecule has 0 unspecified atom stereocenters. The first-order valence-corrected chi connectivity index (χ1v) is 20.1. The molecular formula is C52H30S2. The molecule has 0 bridgehead atoms. The highest BCUT2D eigenvalue weighted by Crippen LogP contribution is 2.48. The van der Waals surface area contributed by atoms with Gasteiger partial charge in [-0.2, -0.15) is 0 Å². The lowest BCUT2D eigenvalue weighted by atomic mass is 9.85. The van der Waals surface area contributed by atoms with E-state index >= 15 is 0 Å². The van der Waals surface area contributed by atoms with E-state index in [1.807, 2.05) is 22.7 Å². The Morgan fingerprint density at radius 1 is 0.259 bits per heavy atom. The Morgan fingerprint density at radius 3 is 1.52 bits per heavy atom. The molecule has 0 amide bonds. The molecule has 0 saturated carbocycles. The molecule has 0 atom stereocenters. The van der Waals surface area contributed by atoms with Gasteiger partial charge >= 0.3 is 0 Å². The van der Waals surface area contributed by atoms with E-state index in [1.54, 1.807) is 0 Å². The second kappa shape index (κ2) is 11.6. The van der Waals surface area contributed by atoms with E-state index in [9.17, 15) is 0 Å². The molecule has 2 heteroatoms. The van der Waals surface area contributed by atoms with Crippen LogP contribution in [0, 0.1) is 0 Å². The van der Waals surface area contributed by atoms with Gasteiger partial charge in [0.2, 0.25) is 0 Å². The lowest BCUT2D eigenvalue weighted by Crippen LogP contribution is -1.91. The van der Waals surface area contributed by atoms with Gasteiger partial charge in [-0.05, 0) is 101 Å². The maximum Gasteiger partial charge on any atom is 0.0448 e. The first-order chi connectivity index (χ1) is 26.8. The molecule has 54 heavy (non-hydrogen) atoms. The van der Waals surface area contributed by atoms with Crippen molar-refractivity contribution in [1.82, 2.24) is 0 Å². The monoisotopic (exact) mass is 718 g/mol. The molecule has 0 radical (unpaired) electrons.